The quantitative estimate of drug-likeness (QED) is 0.943. The summed E-state index contributed by atoms with van der Waals surface area (Å²) in [5.41, 5.74) is -0.112. The minimum atomic E-state index is -0.410. The molecule has 0 aliphatic carbocycles. The molecular weight excluding hydrogens is 293 g/mol. The number of aromatic nitrogens is 2. The van der Waals surface area contributed by atoms with Gasteiger partial charge in [-0.2, -0.15) is 0 Å². The lowest BCUT2D eigenvalue weighted by atomic mass is 9.98. The Bertz CT molecular complexity index is 637. The first kappa shape index (κ1) is 15.4. The molecule has 2 aromatic rings. The van der Waals surface area contributed by atoms with Crippen molar-refractivity contribution < 1.29 is 13.9 Å². The fraction of sp³-hybridized carbons (Fsp3) is 0.357. The lowest BCUT2D eigenvalue weighted by Crippen LogP contribution is -2.20. The van der Waals surface area contributed by atoms with Crippen LogP contribution in [0.3, 0.4) is 0 Å². The van der Waals surface area contributed by atoms with Crippen LogP contribution in [0.1, 0.15) is 25.8 Å². The summed E-state index contributed by atoms with van der Waals surface area (Å²) in [6.45, 7) is 5.85. The number of rotatable bonds is 4. The number of carbonyl (C=O) groups is 1. The molecule has 1 aromatic carbocycles. The second-order valence-electron chi connectivity index (χ2n) is 5.46. The molecule has 0 radical (unpaired) electrons. The van der Waals surface area contributed by atoms with Gasteiger partial charge in [0.25, 0.3) is 5.91 Å². The van der Waals surface area contributed by atoms with Crippen LogP contribution in [0.4, 0.5) is 9.52 Å². The molecule has 21 heavy (non-hydrogen) atoms. The Balaban J connectivity index is 1.89. The molecule has 7 heteroatoms. The standard InChI is InChI=1S/C14H16FN3O2S/c1-14(2,3)12-17-18-13(21-12)16-11(19)8-20-10-6-4-5-9(15)7-10/h4-7H,8H2,1-3H3,(H,16,18,19). The highest BCUT2D eigenvalue weighted by molar-refractivity contribution is 7.15. The second kappa shape index (κ2) is 6.17. The van der Waals surface area contributed by atoms with Crippen LogP contribution in [-0.2, 0) is 10.2 Å². The molecule has 0 bridgehead atoms. The summed E-state index contributed by atoms with van der Waals surface area (Å²) in [4.78, 5) is 11.7. The van der Waals surface area contributed by atoms with Crippen LogP contribution in [0.2, 0.25) is 0 Å². The van der Waals surface area contributed by atoms with Crippen LogP contribution in [0, 0.1) is 5.82 Å². The summed E-state index contributed by atoms with van der Waals surface area (Å²) in [5, 5.41) is 11.8. The van der Waals surface area contributed by atoms with Crippen LogP contribution >= 0.6 is 11.3 Å². The van der Waals surface area contributed by atoms with Crippen molar-refractivity contribution in [2.45, 2.75) is 26.2 Å². The van der Waals surface area contributed by atoms with Gasteiger partial charge >= 0.3 is 0 Å². The maximum Gasteiger partial charge on any atom is 0.264 e. The van der Waals surface area contributed by atoms with Gasteiger partial charge in [-0.25, -0.2) is 4.39 Å². The van der Waals surface area contributed by atoms with Gasteiger partial charge < -0.3 is 4.74 Å². The van der Waals surface area contributed by atoms with Gasteiger partial charge in [-0.3, -0.25) is 10.1 Å². The predicted octanol–water partition coefficient (Wildman–Crippen LogP) is 2.99. The summed E-state index contributed by atoms with van der Waals surface area (Å²) < 4.78 is 18.2. The number of hydrogen-bond donors (Lipinski definition) is 1. The van der Waals surface area contributed by atoms with Gasteiger partial charge in [-0.05, 0) is 12.1 Å². The summed E-state index contributed by atoms with van der Waals surface area (Å²) in [6, 6.07) is 5.63. The Morgan fingerprint density at radius 2 is 2.14 bits per heavy atom. The van der Waals surface area contributed by atoms with Gasteiger partial charge in [0.05, 0.1) is 0 Å². The first-order valence-electron chi connectivity index (χ1n) is 6.37. The van der Waals surface area contributed by atoms with Gasteiger partial charge in [0.15, 0.2) is 6.61 Å². The number of anilines is 1. The first-order valence-corrected chi connectivity index (χ1v) is 7.18. The summed E-state index contributed by atoms with van der Waals surface area (Å²) in [6.07, 6.45) is 0. The molecule has 0 saturated carbocycles. The van der Waals surface area contributed by atoms with Crippen molar-refractivity contribution in [1.82, 2.24) is 10.2 Å². The average Bonchev–Trinajstić information content (AvgIpc) is 2.85. The number of ether oxygens (including phenoxy) is 1. The Hall–Kier alpha value is -2.02. The number of carbonyl (C=O) groups excluding carboxylic acids is 1. The number of benzene rings is 1. The van der Waals surface area contributed by atoms with Crippen molar-refractivity contribution in [2.24, 2.45) is 0 Å². The van der Waals surface area contributed by atoms with Crippen LogP contribution in [0.15, 0.2) is 24.3 Å². The highest BCUT2D eigenvalue weighted by atomic mass is 32.1. The number of hydrogen-bond acceptors (Lipinski definition) is 5. The largest absolute Gasteiger partial charge is 0.484 e. The summed E-state index contributed by atoms with van der Waals surface area (Å²) in [7, 11) is 0. The lowest BCUT2D eigenvalue weighted by molar-refractivity contribution is -0.118. The van der Waals surface area contributed by atoms with Crippen LogP contribution < -0.4 is 10.1 Å². The van der Waals surface area contributed by atoms with E-state index in [9.17, 15) is 9.18 Å². The highest BCUT2D eigenvalue weighted by Crippen LogP contribution is 2.27. The van der Waals surface area contributed by atoms with E-state index in [0.717, 1.165) is 5.01 Å². The van der Waals surface area contributed by atoms with Crippen molar-refractivity contribution in [3.63, 3.8) is 0 Å². The van der Waals surface area contributed by atoms with Gasteiger partial charge in [0.1, 0.15) is 16.6 Å². The Kier molecular flexibility index (Phi) is 4.52. The third kappa shape index (κ3) is 4.49. The summed E-state index contributed by atoms with van der Waals surface area (Å²) >= 11 is 1.32. The molecule has 0 saturated heterocycles. The molecule has 1 N–H and O–H groups in total. The molecule has 0 fully saturated rings. The molecule has 112 valence electrons. The smallest absolute Gasteiger partial charge is 0.264 e. The van der Waals surface area contributed by atoms with Gasteiger partial charge in [0.2, 0.25) is 5.13 Å². The number of halogens is 1. The monoisotopic (exact) mass is 309 g/mol. The fourth-order valence-electron chi connectivity index (χ4n) is 1.44. The molecule has 0 atom stereocenters. The molecule has 2 rings (SSSR count). The zero-order chi connectivity index (χ0) is 15.5. The van der Waals surface area contributed by atoms with E-state index in [1.54, 1.807) is 6.07 Å². The van der Waals surface area contributed by atoms with Crippen LogP contribution in [0.5, 0.6) is 5.75 Å². The van der Waals surface area contributed by atoms with Gasteiger partial charge in [-0.15, -0.1) is 10.2 Å². The van der Waals surface area contributed by atoms with E-state index < -0.39 is 5.82 Å². The minimum absolute atomic E-state index is 0.112. The molecule has 5 nitrogen and oxygen atoms in total. The second-order valence-corrected chi connectivity index (χ2v) is 6.43. The number of amides is 1. The van der Waals surface area contributed by atoms with E-state index in [-0.39, 0.29) is 17.9 Å². The molecule has 0 aliphatic rings. The highest BCUT2D eigenvalue weighted by Gasteiger charge is 2.20. The molecule has 1 aromatic heterocycles. The van der Waals surface area contributed by atoms with Crippen LogP contribution in [-0.4, -0.2) is 22.7 Å². The number of nitrogens with zero attached hydrogens (tertiary/aromatic N) is 2. The van der Waals surface area contributed by atoms with E-state index in [0.29, 0.717) is 10.9 Å². The maximum atomic E-state index is 13.0. The van der Waals surface area contributed by atoms with Crippen molar-refractivity contribution >= 4 is 22.4 Å². The Labute approximate surface area is 126 Å². The molecule has 0 spiro atoms. The van der Waals surface area contributed by atoms with Crippen molar-refractivity contribution in [3.8, 4) is 5.75 Å². The van der Waals surface area contributed by atoms with E-state index in [2.05, 4.69) is 15.5 Å². The lowest BCUT2D eigenvalue weighted by Gasteiger charge is -2.12. The Morgan fingerprint density at radius 1 is 1.38 bits per heavy atom. The molecule has 0 aliphatic heterocycles. The minimum Gasteiger partial charge on any atom is -0.484 e. The maximum absolute atomic E-state index is 13.0. The zero-order valence-corrected chi connectivity index (χ0v) is 12.8. The Morgan fingerprint density at radius 3 is 2.76 bits per heavy atom. The topological polar surface area (TPSA) is 64.1 Å². The first-order chi connectivity index (χ1) is 9.84. The van der Waals surface area contributed by atoms with Gasteiger partial charge in [0, 0.05) is 11.5 Å². The normalized spacial score (nSPS) is 11.2. The van der Waals surface area contributed by atoms with Gasteiger partial charge in [-0.1, -0.05) is 38.2 Å². The van der Waals surface area contributed by atoms with Crippen molar-refractivity contribution in [1.29, 1.82) is 0 Å². The predicted molar refractivity (Wildman–Crippen MR) is 79.1 cm³/mol. The average molecular weight is 309 g/mol. The van der Waals surface area contributed by atoms with E-state index >= 15 is 0 Å². The zero-order valence-electron chi connectivity index (χ0n) is 12.0. The van der Waals surface area contributed by atoms with E-state index in [1.165, 1.54) is 29.5 Å². The van der Waals surface area contributed by atoms with E-state index in [4.69, 9.17) is 4.74 Å². The number of nitrogens with one attached hydrogen (secondary N) is 1. The third-order valence-corrected chi connectivity index (χ3v) is 3.74. The molecular formula is C14H16FN3O2S. The SMILES string of the molecule is CC(C)(C)c1nnc(NC(=O)COc2cccc(F)c2)s1. The summed E-state index contributed by atoms with van der Waals surface area (Å²) in [5.74, 6) is -0.472. The molecule has 1 heterocycles. The van der Waals surface area contributed by atoms with E-state index in [1.807, 2.05) is 20.8 Å². The molecule has 1 amide bonds. The molecule has 0 unspecified atom stereocenters. The van der Waals surface area contributed by atoms with Crippen molar-refractivity contribution in [2.75, 3.05) is 11.9 Å². The fourth-order valence-corrected chi connectivity index (χ4v) is 2.26. The third-order valence-electron chi connectivity index (χ3n) is 2.48. The van der Waals surface area contributed by atoms with Crippen molar-refractivity contribution in [3.05, 3.63) is 35.1 Å². The van der Waals surface area contributed by atoms with Crippen LogP contribution in [0.25, 0.3) is 0 Å².